The molecule has 1 aliphatic rings. The fraction of sp³-hybridized carbons (Fsp3) is 0.500. The summed E-state index contributed by atoms with van der Waals surface area (Å²) in [7, 11) is 0. The number of carbonyl (C=O) groups is 1. The van der Waals surface area contributed by atoms with E-state index in [1.807, 2.05) is 27.7 Å². The summed E-state index contributed by atoms with van der Waals surface area (Å²) < 4.78 is 0.519. The fourth-order valence-corrected chi connectivity index (χ4v) is 3.97. The fourth-order valence-electron chi connectivity index (χ4n) is 2.59. The number of H-pyrrole nitrogens is 1. The second-order valence-corrected chi connectivity index (χ2v) is 8.00. The van der Waals surface area contributed by atoms with Crippen molar-refractivity contribution in [3.05, 3.63) is 33.7 Å². The van der Waals surface area contributed by atoms with Gasteiger partial charge in [-0.2, -0.15) is 5.01 Å². The van der Waals surface area contributed by atoms with E-state index in [1.165, 1.54) is 12.3 Å². The van der Waals surface area contributed by atoms with Crippen LogP contribution in [-0.2, 0) is 5.54 Å². The van der Waals surface area contributed by atoms with Crippen LogP contribution in [0.15, 0.2) is 22.1 Å². The number of amidine groups is 1. The summed E-state index contributed by atoms with van der Waals surface area (Å²) in [6.45, 7) is 7.78. The molecule has 0 radical (unpaired) electrons. The Labute approximate surface area is 150 Å². The molecule has 9 heteroatoms. The van der Waals surface area contributed by atoms with Crippen LogP contribution in [0.5, 0.6) is 0 Å². The number of pyridine rings is 1. The summed E-state index contributed by atoms with van der Waals surface area (Å²) in [4.78, 5) is 31.1. The van der Waals surface area contributed by atoms with E-state index in [2.05, 4.69) is 47.3 Å². The quantitative estimate of drug-likeness (QED) is 0.486. The van der Waals surface area contributed by atoms with Gasteiger partial charge in [0, 0.05) is 12.3 Å². The summed E-state index contributed by atoms with van der Waals surface area (Å²) >= 11 is 6.75. The van der Waals surface area contributed by atoms with Crippen LogP contribution < -0.4 is 10.9 Å². The Bertz CT molecular complexity index is 725. The molecule has 0 saturated carbocycles. The summed E-state index contributed by atoms with van der Waals surface area (Å²) in [5.74, 6) is -1.26. The van der Waals surface area contributed by atoms with Crippen LogP contribution in [0.3, 0.4) is 0 Å². The number of aromatic amines is 1. The zero-order valence-corrected chi connectivity index (χ0v) is 16.3. The van der Waals surface area contributed by atoms with Crippen LogP contribution in [0.2, 0.25) is 0 Å². The molecule has 3 N–H and O–H groups in total. The zero-order valence-electron chi connectivity index (χ0n) is 13.1. The topological polar surface area (TPSA) is 97.8 Å². The first kappa shape index (κ1) is 18.2. The van der Waals surface area contributed by atoms with Crippen LogP contribution in [0, 0.1) is 5.41 Å². The second kappa shape index (κ2) is 6.03. The number of carboxylic acid groups (broad SMARTS) is 1. The van der Waals surface area contributed by atoms with Crippen molar-refractivity contribution in [3.8, 4) is 0 Å². The highest BCUT2D eigenvalue weighted by atomic mass is 79.9. The van der Waals surface area contributed by atoms with Gasteiger partial charge in [0.15, 0.2) is 15.2 Å². The van der Waals surface area contributed by atoms with E-state index in [0.29, 0.717) is 10.4 Å². The van der Waals surface area contributed by atoms with Crippen molar-refractivity contribution in [2.24, 2.45) is 10.4 Å². The average molecular weight is 450 g/mol. The Morgan fingerprint density at radius 1 is 1.39 bits per heavy atom. The number of alkyl halides is 1. The van der Waals surface area contributed by atoms with Crippen LogP contribution in [0.4, 0.5) is 0 Å². The molecule has 0 bridgehead atoms. The number of nitrogens with zero attached hydrogens (tertiary/aromatic N) is 2. The van der Waals surface area contributed by atoms with Crippen molar-refractivity contribution in [1.82, 2.24) is 15.4 Å². The van der Waals surface area contributed by atoms with Gasteiger partial charge in [-0.05, 0) is 44.2 Å². The molecule has 0 fully saturated rings. The molecule has 126 valence electrons. The maximum absolute atomic E-state index is 12.1. The molecule has 0 aliphatic carbocycles. The van der Waals surface area contributed by atoms with Gasteiger partial charge in [-0.15, -0.1) is 0 Å². The lowest BCUT2D eigenvalue weighted by atomic mass is 9.71. The third-order valence-corrected chi connectivity index (χ3v) is 5.24. The van der Waals surface area contributed by atoms with E-state index >= 15 is 0 Å². The van der Waals surface area contributed by atoms with E-state index in [4.69, 9.17) is 0 Å². The molecule has 2 atom stereocenters. The Morgan fingerprint density at radius 3 is 2.43 bits per heavy atom. The third-order valence-electron chi connectivity index (χ3n) is 4.25. The summed E-state index contributed by atoms with van der Waals surface area (Å²) in [5.41, 5.74) is 1.27. The molecular formula is C14H18Br2N4O3. The van der Waals surface area contributed by atoms with Gasteiger partial charge in [0.2, 0.25) is 0 Å². The number of aliphatic imine (C=N–C) groups is 1. The molecule has 2 rings (SSSR count). The Morgan fingerprint density at radius 2 is 2.00 bits per heavy atom. The van der Waals surface area contributed by atoms with Crippen molar-refractivity contribution in [1.29, 1.82) is 0 Å². The number of aromatic carboxylic acids is 1. The van der Waals surface area contributed by atoms with Crippen molar-refractivity contribution >= 4 is 42.6 Å². The van der Waals surface area contributed by atoms with E-state index < -0.39 is 27.4 Å². The molecule has 0 aromatic carbocycles. The van der Waals surface area contributed by atoms with Gasteiger partial charge in [-0.1, -0.05) is 20.8 Å². The van der Waals surface area contributed by atoms with Gasteiger partial charge >= 0.3 is 5.97 Å². The maximum atomic E-state index is 12.1. The molecule has 1 aliphatic heterocycles. The van der Waals surface area contributed by atoms with Crippen molar-refractivity contribution < 1.29 is 9.90 Å². The molecule has 0 saturated heterocycles. The minimum Gasteiger partial charge on any atom is -0.477 e. The van der Waals surface area contributed by atoms with Crippen LogP contribution in [-0.4, -0.2) is 30.9 Å². The van der Waals surface area contributed by atoms with Crippen molar-refractivity contribution in [3.63, 3.8) is 0 Å². The van der Waals surface area contributed by atoms with Crippen LogP contribution in [0.25, 0.3) is 0 Å². The highest BCUT2D eigenvalue weighted by molar-refractivity contribution is 9.18. The van der Waals surface area contributed by atoms with Gasteiger partial charge < -0.3 is 10.1 Å². The van der Waals surface area contributed by atoms with Crippen molar-refractivity contribution in [2.75, 3.05) is 0 Å². The molecule has 23 heavy (non-hydrogen) atoms. The second-order valence-electron chi connectivity index (χ2n) is 6.43. The lowest BCUT2D eigenvalue weighted by molar-refractivity contribution is -0.0202. The standard InChI is InChI=1S/C14H18Br2N4O3/c1-13(2,3)14(4,20-12(16)18-11(15)19-20)9-8(10(22)23)7(21)5-6-17-9/h5-6,12H,1-4H3,(H,17,21)(H,18,19)(H,22,23). The smallest absolute Gasteiger partial charge is 0.341 e. The molecule has 7 nitrogen and oxygen atoms in total. The van der Waals surface area contributed by atoms with Gasteiger partial charge in [-0.3, -0.25) is 10.2 Å². The van der Waals surface area contributed by atoms with Crippen molar-refractivity contribution in [2.45, 2.75) is 38.3 Å². The highest BCUT2D eigenvalue weighted by Crippen LogP contribution is 2.46. The maximum Gasteiger partial charge on any atom is 0.341 e. The lowest BCUT2D eigenvalue weighted by Gasteiger charge is -2.48. The molecule has 0 amide bonds. The average Bonchev–Trinajstić information content (AvgIpc) is 2.75. The van der Waals surface area contributed by atoms with Gasteiger partial charge in [0.25, 0.3) is 0 Å². The van der Waals surface area contributed by atoms with E-state index in [0.717, 1.165) is 0 Å². The Hall–Kier alpha value is -1.19. The minimum absolute atomic E-state index is 0.269. The molecule has 2 heterocycles. The third kappa shape index (κ3) is 2.97. The van der Waals surface area contributed by atoms with Gasteiger partial charge in [-0.25, -0.2) is 9.79 Å². The predicted octanol–water partition coefficient (Wildman–Crippen LogP) is 2.58. The summed E-state index contributed by atoms with van der Waals surface area (Å²) in [6.07, 6.45) is 1.46. The Balaban J connectivity index is 2.75. The predicted molar refractivity (Wildman–Crippen MR) is 94.9 cm³/mol. The zero-order chi connectivity index (χ0) is 17.6. The number of hydrazine groups is 1. The molecule has 0 spiro atoms. The molecular weight excluding hydrogens is 432 g/mol. The first-order valence-corrected chi connectivity index (χ1v) is 8.60. The van der Waals surface area contributed by atoms with Crippen LogP contribution >= 0.6 is 31.9 Å². The van der Waals surface area contributed by atoms with Gasteiger partial charge in [0.05, 0.1) is 11.2 Å². The summed E-state index contributed by atoms with van der Waals surface area (Å²) in [5, 5.41) is 10.9. The van der Waals surface area contributed by atoms with Gasteiger partial charge in [0.1, 0.15) is 5.56 Å². The molecule has 2 unspecified atom stereocenters. The first-order chi connectivity index (χ1) is 10.5. The lowest BCUT2D eigenvalue weighted by Crippen LogP contribution is -2.59. The normalized spacial score (nSPS) is 21.5. The minimum atomic E-state index is -1.26. The van der Waals surface area contributed by atoms with E-state index in [9.17, 15) is 14.7 Å². The Kier molecular flexibility index (Phi) is 4.76. The highest BCUT2D eigenvalue weighted by Gasteiger charge is 2.51. The summed E-state index contributed by atoms with van der Waals surface area (Å²) in [6, 6.07) is 1.21. The first-order valence-electron chi connectivity index (χ1n) is 6.89. The van der Waals surface area contributed by atoms with Crippen LogP contribution in [0.1, 0.15) is 43.7 Å². The number of carboxylic acids is 1. The van der Waals surface area contributed by atoms with E-state index in [-0.39, 0.29) is 5.56 Å². The molecule has 1 aromatic rings. The SMILES string of the molecule is CC(C)(C)C(C)(c1[nH]ccc(=O)c1C(=O)O)N1NC(Br)=NC1Br. The molecule has 1 aromatic heterocycles. The number of hydrogen-bond donors (Lipinski definition) is 3. The number of aromatic nitrogens is 1. The largest absolute Gasteiger partial charge is 0.477 e. The van der Waals surface area contributed by atoms with E-state index in [1.54, 1.807) is 5.01 Å². The number of halogens is 2. The monoisotopic (exact) mass is 448 g/mol. The number of nitrogens with one attached hydrogen (secondary N) is 2. The number of rotatable bonds is 3. The number of hydrogen-bond acceptors (Lipinski definition) is 5.